The van der Waals surface area contributed by atoms with Crippen LogP contribution in [-0.2, 0) is 11.2 Å². The maximum Gasteiger partial charge on any atom is 0.232 e. The lowest BCUT2D eigenvalue weighted by molar-refractivity contribution is 0.478. The number of hydrogen-bond donors (Lipinski definition) is 1. The highest BCUT2D eigenvalue weighted by atomic mass is 32.2. The Balaban J connectivity index is 1.90. The van der Waals surface area contributed by atoms with E-state index in [2.05, 4.69) is 26.7 Å². The van der Waals surface area contributed by atoms with Crippen molar-refractivity contribution in [2.75, 3.05) is 5.73 Å². The standard InChI is InChI=1S/C20H20N6OS2/c1-12(9-24-11-22-2)15-8-14(16-10-23-6-7-25-16)17-18(21)20(28-19(17)26-15)29(27)13-4-3-5-13/h6-11,13H,2-5,21H2,1H3/b12-9+,24-11-. The molecule has 2 N–H and O–H groups in total. The molecule has 0 radical (unpaired) electrons. The number of nitrogens with zero attached hydrogens (tertiary/aromatic N) is 5. The third-order valence-electron chi connectivity index (χ3n) is 4.86. The van der Waals surface area contributed by atoms with Crippen LogP contribution in [0.15, 0.2) is 45.1 Å². The summed E-state index contributed by atoms with van der Waals surface area (Å²) < 4.78 is 13.7. The number of aromatic nitrogens is 3. The van der Waals surface area contributed by atoms with Crippen LogP contribution in [0.5, 0.6) is 0 Å². The number of anilines is 1. The fourth-order valence-corrected chi connectivity index (χ4v) is 6.30. The van der Waals surface area contributed by atoms with Crippen LogP contribution in [0, 0.1) is 0 Å². The number of hydrogen-bond acceptors (Lipinski definition) is 7. The molecule has 1 fully saturated rings. The Morgan fingerprint density at radius 3 is 2.90 bits per heavy atom. The number of fused-ring (bicyclic) bond motifs is 1. The minimum atomic E-state index is -1.11. The van der Waals surface area contributed by atoms with Gasteiger partial charge in [-0.05, 0) is 44.5 Å². The Morgan fingerprint density at radius 1 is 1.41 bits per heavy atom. The van der Waals surface area contributed by atoms with Crippen LogP contribution in [-0.4, -0.2) is 37.8 Å². The third-order valence-corrected chi connectivity index (χ3v) is 8.16. The van der Waals surface area contributed by atoms with Crippen LogP contribution in [0.25, 0.3) is 27.0 Å². The van der Waals surface area contributed by atoms with Crippen molar-refractivity contribution in [3.05, 3.63) is 36.6 Å². The van der Waals surface area contributed by atoms with Gasteiger partial charge >= 0.3 is 0 Å². The molecule has 0 saturated heterocycles. The van der Waals surface area contributed by atoms with E-state index in [9.17, 15) is 4.55 Å². The van der Waals surface area contributed by atoms with Crippen LogP contribution in [0.1, 0.15) is 31.9 Å². The van der Waals surface area contributed by atoms with E-state index in [0.29, 0.717) is 15.6 Å². The number of aliphatic imine (C=N–C) groups is 2. The second-order valence-electron chi connectivity index (χ2n) is 6.74. The largest absolute Gasteiger partial charge is 0.611 e. The van der Waals surface area contributed by atoms with Crippen molar-refractivity contribution < 1.29 is 4.55 Å². The summed E-state index contributed by atoms with van der Waals surface area (Å²) in [5.74, 6) is 0. The molecular weight excluding hydrogens is 404 g/mol. The Kier molecular flexibility index (Phi) is 5.70. The molecule has 148 valence electrons. The van der Waals surface area contributed by atoms with E-state index in [1.165, 1.54) is 17.7 Å². The Hall–Kier alpha value is -2.62. The number of allylic oxidation sites excluding steroid dienone is 1. The first-order valence-corrected chi connectivity index (χ1v) is 11.2. The number of nitrogen functional groups attached to an aromatic ring is 1. The molecule has 1 atom stereocenters. The molecule has 9 heteroatoms. The van der Waals surface area contributed by atoms with Crippen LogP contribution in [0.2, 0.25) is 0 Å². The van der Waals surface area contributed by atoms with Crippen LogP contribution in [0.3, 0.4) is 0 Å². The van der Waals surface area contributed by atoms with E-state index in [1.54, 1.807) is 24.8 Å². The van der Waals surface area contributed by atoms with Gasteiger partial charge in [-0.1, -0.05) is 11.3 Å². The number of pyridine rings is 1. The number of rotatable bonds is 6. The molecule has 0 aliphatic heterocycles. The molecule has 1 aliphatic rings. The van der Waals surface area contributed by atoms with Crippen molar-refractivity contribution in [1.82, 2.24) is 15.0 Å². The normalized spacial score (nSPS) is 16.3. The second-order valence-corrected chi connectivity index (χ2v) is 9.67. The summed E-state index contributed by atoms with van der Waals surface area (Å²) in [5.41, 5.74) is 10.1. The highest BCUT2D eigenvalue weighted by molar-refractivity contribution is 7.94. The van der Waals surface area contributed by atoms with E-state index in [-0.39, 0.29) is 5.25 Å². The van der Waals surface area contributed by atoms with Crippen molar-refractivity contribution in [1.29, 1.82) is 0 Å². The summed E-state index contributed by atoms with van der Waals surface area (Å²) in [6, 6.07) is 1.92. The molecule has 29 heavy (non-hydrogen) atoms. The van der Waals surface area contributed by atoms with Crippen molar-refractivity contribution in [3.63, 3.8) is 0 Å². The van der Waals surface area contributed by atoms with Crippen molar-refractivity contribution >= 4 is 57.0 Å². The average Bonchev–Trinajstić information content (AvgIpc) is 3.03. The molecule has 0 spiro atoms. The van der Waals surface area contributed by atoms with Gasteiger partial charge in [0.2, 0.25) is 4.21 Å². The summed E-state index contributed by atoms with van der Waals surface area (Å²) in [6.07, 6.45) is 11.1. The quantitative estimate of drug-likeness (QED) is 0.364. The molecule has 3 aromatic heterocycles. The van der Waals surface area contributed by atoms with Gasteiger partial charge in [0, 0.05) is 40.7 Å². The van der Waals surface area contributed by atoms with Gasteiger partial charge in [0.15, 0.2) is 0 Å². The Morgan fingerprint density at radius 2 is 2.24 bits per heavy atom. The lowest BCUT2D eigenvalue weighted by Crippen LogP contribution is -2.28. The van der Waals surface area contributed by atoms with Gasteiger partial charge in [0.25, 0.3) is 0 Å². The van der Waals surface area contributed by atoms with Crippen molar-refractivity contribution in [3.8, 4) is 11.3 Å². The number of thiophene rings is 1. The van der Waals surface area contributed by atoms with E-state index in [4.69, 9.17) is 10.7 Å². The maximum absolute atomic E-state index is 13.0. The van der Waals surface area contributed by atoms with E-state index < -0.39 is 11.2 Å². The second kappa shape index (κ2) is 8.40. The van der Waals surface area contributed by atoms with Gasteiger partial charge in [-0.25, -0.2) is 9.98 Å². The summed E-state index contributed by atoms with van der Waals surface area (Å²) in [7, 11) is 0. The maximum atomic E-state index is 13.0. The lowest BCUT2D eigenvalue weighted by Gasteiger charge is -2.27. The Bertz CT molecular complexity index is 1110. The minimum Gasteiger partial charge on any atom is -0.611 e. The molecular formula is C20H20N6OS2. The van der Waals surface area contributed by atoms with E-state index in [1.807, 2.05) is 13.0 Å². The first-order chi connectivity index (χ1) is 14.1. The molecule has 3 aromatic rings. The minimum absolute atomic E-state index is 0.187. The monoisotopic (exact) mass is 424 g/mol. The summed E-state index contributed by atoms with van der Waals surface area (Å²) in [6.45, 7) is 5.30. The Labute approximate surface area is 175 Å². The molecule has 1 unspecified atom stereocenters. The molecule has 7 nitrogen and oxygen atoms in total. The molecule has 3 heterocycles. The summed E-state index contributed by atoms with van der Waals surface area (Å²) >= 11 is 0.286. The predicted octanol–water partition coefficient (Wildman–Crippen LogP) is 4.09. The van der Waals surface area contributed by atoms with E-state index in [0.717, 1.165) is 46.3 Å². The van der Waals surface area contributed by atoms with Gasteiger partial charge in [-0.3, -0.25) is 15.0 Å². The fraction of sp³-hybridized carbons (Fsp3) is 0.250. The van der Waals surface area contributed by atoms with Crippen molar-refractivity contribution in [2.24, 2.45) is 9.98 Å². The van der Waals surface area contributed by atoms with Gasteiger partial charge < -0.3 is 10.3 Å². The topological polar surface area (TPSA) is 112 Å². The average molecular weight is 425 g/mol. The van der Waals surface area contributed by atoms with Crippen LogP contribution in [0.4, 0.5) is 5.69 Å². The highest BCUT2D eigenvalue weighted by Gasteiger charge is 2.35. The smallest absolute Gasteiger partial charge is 0.232 e. The third kappa shape index (κ3) is 3.81. The lowest BCUT2D eigenvalue weighted by atomic mass is 10.0. The molecule has 4 rings (SSSR count). The zero-order valence-electron chi connectivity index (χ0n) is 15.9. The van der Waals surface area contributed by atoms with E-state index >= 15 is 0 Å². The summed E-state index contributed by atoms with van der Waals surface area (Å²) in [4.78, 5) is 21.8. The fourth-order valence-electron chi connectivity index (χ4n) is 3.09. The SMILES string of the molecule is C=N/C=N\C=C(/C)c1cc(-c2cnccn2)c2c(N)c([S+]([O-])C3CCC3)sc2n1. The predicted molar refractivity (Wildman–Crippen MR) is 121 cm³/mol. The molecule has 0 aromatic carbocycles. The van der Waals surface area contributed by atoms with Crippen LogP contribution >= 0.6 is 11.3 Å². The van der Waals surface area contributed by atoms with Crippen LogP contribution < -0.4 is 5.73 Å². The molecule has 1 saturated carbocycles. The van der Waals surface area contributed by atoms with Gasteiger partial charge in [0.1, 0.15) is 22.1 Å². The van der Waals surface area contributed by atoms with Crippen molar-refractivity contribution in [2.45, 2.75) is 35.6 Å². The zero-order valence-corrected chi connectivity index (χ0v) is 17.5. The summed E-state index contributed by atoms with van der Waals surface area (Å²) in [5, 5.41) is 0.971. The first kappa shape index (κ1) is 19.7. The molecule has 0 bridgehead atoms. The van der Waals surface area contributed by atoms with Gasteiger partial charge in [-0.15, -0.1) is 0 Å². The van der Waals surface area contributed by atoms with Gasteiger partial charge in [0.05, 0.1) is 17.6 Å². The highest BCUT2D eigenvalue weighted by Crippen LogP contribution is 2.45. The first-order valence-electron chi connectivity index (χ1n) is 9.14. The molecule has 1 aliphatic carbocycles. The number of nitrogens with two attached hydrogens (primary N) is 1. The zero-order chi connectivity index (χ0) is 20.4. The van der Waals surface area contributed by atoms with Gasteiger partial charge in [-0.2, -0.15) is 0 Å². The molecule has 0 amide bonds.